The average molecular weight is 318 g/mol. The molecule has 3 rings (SSSR count). The maximum Gasteiger partial charge on any atom is 0.166 e. The largest absolute Gasteiger partial charge is 0.494 e. The first kappa shape index (κ1) is 14.8. The second-order valence-corrected chi connectivity index (χ2v) is 5.72. The number of benzene rings is 1. The third kappa shape index (κ3) is 3.22. The summed E-state index contributed by atoms with van der Waals surface area (Å²) in [6.45, 7) is 5.56. The van der Waals surface area contributed by atoms with Gasteiger partial charge in [0.1, 0.15) is 5.75 Å². The number of aromatic nitrogens is 6. The Kier molecular flexibility index (Phi) is 4.57. The van der Waals surface area contributed by atoms with E-state index >= 15 is 0 Å². The fraction of sp³-hybridized carbons (Fsp3) is 0.429. The fourth-order valence-corrected chi connectivity index (χ4v) is 2.95. The number of ether oxygens (including phenoxy) is 1. The molecule has 8 heteroatoms. The lowest BCUT2D eigenvalue weighted by Gasteiger charge is -2.01. The van der Waals surface area contributed by atoms with Crippen LogP contribution in [0.2, 0.25) is 0 Å². The molecule has 0 bridgehead atoms. The van der Waals surface area contributed by atoms with Crippen molar-refractivity contribution in [3.63, 3.8) is 0 Å². The number of nitrogens with one attached hydrogen (secondary N) is 1. The van der Waals surface area contributed by atoms with Crippen molar-refractivity contribution in [3.8, 4) is 5.75 Å². The summed E-state index contributed by atoms with van der Waals surface area (Å²) in [5, 5.41) is 12.6. The second-order valence-electron chi connectivity index (χ2n) is 4.76. The maximum absolute atomic E-state index is 5.50. The van der Waals surface area contributed by atoms with E-state index in [1.54, 1.807) is 11.8 Å². The zero-order chi connectivity index (χ0) is 15.4. The van der Waals surface area contributed by atoms with Gasteiger partial charge in [0.2, 0.25) is 0 Å². The molecule has 0 atom stereocenters. The first-order valence-electron chi connectivity index (χ1n) is 7.30. The van der Waals surface area contributed by atoms with Crippen molar-refractivity contribution >= 4 is 22.8 Å². The van der Waals surface area contributed by atoms with Crippen molar-refractivity contribution in [1.29, 1.82) is 0 Å². The molecule has 0 aliphatic rings. The molecular weight excluding hydrogens is 300 g/mol. The summed E-state index contributed by atoms with van der Waals surface area (Å²) < 4.78 is 7.34. The molecule has 0 saturated carbocycles. The van der Waals surface area contributed by atoms with Crippen LogP contribution < -0.4 is 4.74 Å². The molecule has 7 nitrogen and oxygen atoms in total. The molecule has 1 aromatic carbocycles. The van der Waals surface area contributed by atoms with E-state index in [1.807, 2.05) is 29.8 Å². The Bertz CT molecular complexity index is 753. The van der Waals surface area contributed by atoms with E-state index in [0.29, 0.717) is 12.4 Å². The predicted molar refractivity (Wildman–Crippen MR) is 84.9 cm³/mol. The van der Waals surface area contributed by atoms with E-state index < -0.39 is 0 Å². The molecule has 0 radical (unpaired) electrons. The highest BCUT2D eigenvalue weighted by Crippen LogP contribution is 2.24. The highest BCUT2D eigenvalue weighted by atomic mass is 32.2. The van der Waals surface area contributed by atoms with Crippen LogP contribution in [-0.4, -0.2) is 36.8 Å². The van der Waals surface area contributed by atoms with Crippen LogP contribution in [0, 0.1) is 0 Å². The van der Waals surface area contributed by atoms with E-state index in [9.17, 15) is 0 Å². The molecule has 0 unspecified atom stereocenters. The molecule has 116 valence electrons. The normalized spacial score (nSPS) is 11.2. The topological polar surface area (TPSA) is 81.5 Å². The summed E-state index contributed by atoms with van der Waals surface area (Å²) in [7, 11) is 0. The van der Waals surface area contributed by atoms with Gasteiger partial charge in [-0.3, -0.25) is 0 Å². The minimum atomic E-state index is 0.654. The van der Waals surface area contributed by atoms with Gasteiger partial charge in [0.05, 0.1) is 23.4 Å². The summed E-state index contributed by atoms with van der Waals surface area (Å²) in [6, 6.07) is 5.86. The molecule has 22 heavy (non-hydrogen) atoms. The number of fused-ring (bicyclic) bond motifs is 1. The average Bonchev–Trinajstić information content (AvgIpc) is 3.11. The number of aromatic amines is 1. The zero-order valence-electron chi connectivity index (χ0n) is 12.6. The maximum atomic E-state index is 5.50. The van der Waals surface area contributed by atoms with Crippen LogP contribution in [0.5, 0.6) is 5.75 Å². The number of H-pyrrole nitrogens is 1. The predicted octanol–water partition coefficient (Wildman–Crippen LogP) is 2.65. The monoisotopic (exact) mass is 318 g/mol. The number of hydrogen-bond acceptors (Lipinski definition) is 6. The highest BCUT2D eigenvalue weighted by molar-refractivity contribution is 7.98. The van der Waals surface area contributed by atoms with Crippen molar-refractivity contribution in [2.45, 2.75) is 37.7 Å². The molecule has 0 aliphatic heterocycles. The van der Waals surface area contributed by atoms with Crippen molar-refractivity contribution in [2.24, 2.45) is 0 Å². The van der Waals surface area contributed by atoms with Crippen LogP contribution in [0.3, 0.4) is 0 Å². The van der Waals surface area contributed by atoms with E-state index in [4.69, 9.17) is 4.74 Å². The van der Waals surface area contributed by atoms with Gasteiger partial charge in [-0.2, -0.15) is 0 Å². The number of aryl methyl sites for hydroxylation is 1. The standard InChI is InChI=1S/C14H18N6OS/c1-3-7-20-13(17-18-19-20)9-22-14-15-11-6-5-10(21-4-2)8-12(11)16-14/h5-6,8H,3-4,7,9H2,1-2H3,(H,15,16). The first-order chi connectivity index (χ1) is 10.8. The minimum absolute atomic E-state index is 0.654. The number of hydrogen-bond donors (Lipinski definition) is 1. The second kappa shape index (κ2) is 6.78. The van der Waals surface area contributed by atoms with Crippen LogP contribution >= 0.6 is 11.8 Å². The molecule has 0 spiro atoms. The van der Waals surface area contributed by atoms with Gasteiger partial charge < -0.3 is 9.72 Å². The Morgan fingerprint density at radius 3 is 3.05 bits per heavy atom. The summed E-state index contributed by atoms with van der Waals surface area (Å²) in [5.41, 5.74) is 1.90. The lowest BCUT2D eigenvalue weighted by atomic mass is 10.3. The van der Waals surface area contributed by atoms with Gasteiger partial charge in [0, 0.05) is 12.6 Å². The van der Waals surface area contributed by atoms with E-state index in [0.717, 1.165) is 40.7 Å². The highest BCUT2D eigenvalue weighted by Gasteiger charge is 2.09. The summed E-state index contributed by atoms with van der Waals surface area (Å²) in [6.07, 6.45) is 1.01. The van der Waals surface area contributed by atoms with Gasteiger partial charge in [0.15, 0.2) is 11.0 Å². The number of thioether (sulfide) groups is 1. The van der Waals surface area contributed by atoms with Crippen LogP contribution in [0.15, 0.2) is 23.4 Å². The van der Waals surface area contributed by atoms with Gasteiger partial charge in [-0.15, -0.1) is 5.10 Å². The number of nitrogens with zero attached hydrogens (tertiary/aromatic N) is 5. The van der Waals surface area contributed by atoms with Crippen LogP contribution in [-0.2, 0) is 12.3 Å². The third-order valence-electron chi connectivity index (χ3n) is 3.12. The number of imidazole rings is 1. The van der Waals surface area contributed by atoms with Crippen molar-refractivity contribution in [3.05, 3.63) is 24.0 Å². The molecule has 2 heterocycles. The Morgan fingerprint density at radius 2 is 2.23 bits per heavy atom. The van der Waals surface area contributed by atoms with Gasteiger partial charge in [-0.05, 0) is 35.9 Å². The third-order valence-corrected chi connectivity index (χ3v) is 3.99. The van der Waals surface area contributed by atoms with Crippen molar-refractivity contribution in [1.82, 2.24) is 30.2 Å². The molecule has 0 fully saturated rings. The van der Waals surface area contributed by atoms with Crippen molar-refractivity contribution in [2.75, 3.05) is 6.61 Å². The smallest absolute Gasteiger partial charge is 0.166 e. The van der Waals surface area contributed by atoms with Gasteiger partial charge >= 0.3 is 0 Å². The van der Waals surface area contributed by atoms with E-state index in [2.05, 4.69) is 32.4 Å². The summed E-state index contributed by atoms with van der Waals surface area (Å²) in [5.74, 6) is 2.40. The molecule has 0 saturated heterocycles. The van der Waals surface area contributed by atoms with Crippen LogP contribution in [0.25, 0.3) is 11.0 Å². The fourth-order valence-electron chi connectivity index (χ4n) is 2.14. The van der Waals surface area contributed by atoms with Gasteiger partial charge in [-0.1, -0.05) is 18.7 Å². The Hall–Kier alpha value is -2.09. The molecule has 3 aromatic rings. The minimum Gasteiger partial charge on any atom is -0.494 e. The Morgan fingerprint density at radius 1 is 1.32 bits per heavy atom. The Balaban J connectivity index is 1.72. The van der Waals surface area contributed by atoms with Gasteiger partial charge in [0.25, 0.3) is 0 Å². The molecule has 2 aromatic heterocycles. The molecule has 0 aliphatic carbocycles. The van der Waals surface area contributed by atoms with E-state index in [1.165, 1.54) is 0 Å². The quantitative estimate of drug-likeness (QED) is 0.674. The lowest BCUT2D eigenvalue weighted by molar-refractivity contribution is 0.340. The SMILES string of the molecule is CCCn1nnnc1CSc1nc2ccc(OCC)cc2[nH]1. The van der Waals surface area contributed by atoms with Gasteiger partial charge in [-0.25, -0.2) is 9.67 Å². The molecule has 1 N–H and O–H groups in total. The van der Waals surface area contributed by atoms with E-state index in [-0.39, 0.29) is 0 Å². The molecular formula is C14H18N6OS. The summed E-state index contributed by atoms with van der Waals surface area (Å²) >= 11 is 1.59. The number of tetrazole rings is 1. The Labute approximate surface area is 132 Å². The lowest BCUT2D eigenvalue weighted by Crippen LogP contribution is -2.04. The number of rotatable bonds is 7. The van der Waals surface area contributed by atoms with Crippen LogP contribution in [0.1, 0.15) is 26.1 Å². The molecule has 0 amide bonds. The van der Waals surface area contributed by atoms with Crippen LogP contribution in [0.4, 0.5) is 0 Å². The first-order valence-corrected chi connectivity index (χ1v) is 8.29. The summed E-state index contributed by atoms with van der Waals surface area (Å²) in [4.78, 5) is 7.87. The van der Waals surface area contributed by atoms with Crippen molar-refractivity contribution < 1.29 is 4.74 Å². The zero-order valence-corrected chi connectivity index (χ0v) is 13.4.